The zero-order chi connectivity index (χ0) is 22.5. The van der Waals surface area contributed by atoms with Crippen molar-refractivity contribution in [1.29, 1.82) is 0 Å². The van der Waals surface area contributed by atoms with Gasteiger partial charge in [-0.3, -0.25) is 9.59 Å². The highest BCUT2D eigenvalue weighted by Gasteiger charge is 2.21. The minimum Gasteiger partial charge on any atom is -0.371 e. The zero-order valence-corrected chi connectivity index (χ0v) is 18.9. The molecule has 166 valence electrons. The predicted molar refractivity (Wildman–Crippen MR) is 132 cm³/mol. The third-order valence-electron chi connectivity index (χ3n) is 6.22. The van der Waals surface area contributed by atoms with Gasteiger partial charge in [-0.1, -0.05) is 43.3 Å². The van der Waals surface area contributed by atoms with Crippen molar-refractivity contribution in [3.05, 3.63) is 71.8 Å². The van der Waals surface area contributed by atoms with Crippen LogP contribution in [-0.4, -0.2) is 30.9 Å². The molecule has 0 radical (unpaired) electrons. The van der Waals surface area contributed by atoms with Crippen LogP contribution in [0.3, 0.4) is 0 Å². The lowest BCUT2D eigenvalue weighted by molar-refractivity contribution is 0.0938. The van der Waals surface area contributed by atoms with E-state index in [9.17, 15) is 9.59 Å². The molecule has 1 aliphatic heterocycles. The lowest BCUT2D eigenvalue weighted by Gasteiger charge is -2.31. The fourth-order valence-electron chi connectivity index (χ4n) is 4.23. The van der Waals surface area contributed by atoms with Crippen molar-refractivity contribution in [3.8, 4) is 0 Å². The van der Waals surface area contributed by atoms with Crippen LogP contribution in [0, 0.1) is 0 Å². The van der Waals surface area contributed by atoms with Gasteiger partial charge in [0.1, 0.15) is 0 Å². The maximum absolute atomic E-state index is 13.1. The molecule has 5 nitrogen and oxygen atoms in total. The number of carbonyl (C=O) groups is 2. The summed E-state index contributed by atoms with van der Waals surface area (Å²) in [6, 6.07) is 19.3. The van der Waals surface area contributed by atoms with Crippen LogP contribution in [0.25, 0.3) is 10.8 Å². The molecule has 2 N–H and O–H groups in total. The van der Waals surface area contributed by atoms with Crippen molar-refractivity contribution in [2.75, 3.05) is 23.3 Å². The summed E-state index contributed by atoms with van der Waals surface area (Å²) >= 11 is 0. The van der Waals surface area contributed by atoms with Crippen LogP contribution in [0.2, 0.25) is 0 Å². The molecule has 1 atom stereocenters. The molecule has 5 heteroatoms. The van der Waals surface area contributed by atoms with Crippen molar-refractivity contribution < 1.29 is 9.59 Å². The minimum atomic E-state index is -0.180. The summed E-state index contributed by atoms with van der Waals surface area (Å²) in [5.74, 6) is -0.276. The van der Waals surface area contributed by atoms with Crippen LogP contribution in [0.15, 0.2) is 60.7 Å². The maximum atomic E-state index is 13.1. The van der Waals surface area contributed by atoms with Crippen molar-refractivity contribution in [1.82, 2.24) is 5.32 Å². The smallest absolute Gasteiger partial charge is 0.256 e. The number of hydrogen-bond acceptors (Lipinski definition) is 3. The van der Waals surface area contributed by atoms with Gasteiger partial charge in [0.25, 0.3) is 11.8 Å². The van der Waals surface area contributed by atoms with E-state index in [1.807, 2.05) is 67.6 Å². The zero-order valence-electron chi connectivity index (χ0n) is 18.9. The Balaban J connectivity index is 1.64. The van der Waals surface area contributed by atoms with Crippen molar-refractivity contribution >= 4 is 34.0 Å². The molecule has 0 bridgehead atoms. The summed E-state index contributed by atoms with van der Waals surface area (Å²) in [4.78, 5) is 28.5. The topological polar surface area (TPSA) is 61.4 Å². The third-order valence-corrected chi connectivity index (χ3v) is 6.22. The minimum absolute atomic E-state index is 0.0886. The highest BCUT2D eigenvalue weighted by Crippen LogP contribution is 2.28. The van der Waals surface area contributed by atoms with Crippen molar-refractivity contribution in [2.24, 2.45) is 0 Å². The molecule has 0 aromatic heterocycles. The molecule has 0 spiro atoms. The molecule has 1 fully saturated rings. The molecule has 4 rings (SSSR count). The number of anilines is 2. The number of carbonyl (C=O) groups excluding carboxylic acids is 2. The number of rotatable bonds is 6. The Morgan fingerprint density at radius 1 is 0.906 bits per heavy atom. The van der Waals surface area contributed by atoms with E-state index in [-0.39, 0.29) is 17.9 Å². The molecule has 1 aliphatic rings. The van der Waals surface area contributed by atoms with Gasteiger partial charge < -0.3 is 15.5 Å². The van der Waals surface area contributed by atoms with Gasteiger partial charge in [-0.15, -0.1) is 0 Å². The van der Waals surface area contributed by atoms with Crippen LogP contribution in [-0.2, 0) is 0 Å². The van der Waals surface area contributed by atoms with Gasteiger partial charge >= 0.3 is 0 Å². The van der Waals surface area contributed by atoms with E-state index in [0.29, 0.717) is 16.8 Å². The standard InChI is InChI=1S/C27H31N3O2/c1-3-19(2)28-27(32)24-18-21(14-15-25(24)30-16-7-4-8-17-30)29-26(31)23-13-9-11-20-10-5-6-12-22(20)23/h5-6,9-15,18-19H,3-4,7-8,16-17H2,1-2H3,(H,28,32)(H,29,31). The van der Waals surface area contributed by atoms with Crippen LogP contribution >= 0.6 is 0 Å². The van der Waals surface area contributed by atoms with E-state index in [1.165, 1.54) is 6.42 Å². The number of piperidine rings is 1. The molecule has 1 saturated heterocycles. The summed E-state index contributed by atoms with van der Waals surface area (Å²) in [6.07, 6.45) is 4.35. The van der Waals surface area contributed by atoms with E-state index in [4.69, 9.17) is 0 Å². The quantitative estimate of drug-likeness (QED) is 0.535. The highest BCUT2D eigenvalue weighted by molar-refractivity contribution is 6.13. The number of hydrogen-bond donors (Lipinski definition) is 2. The first kappa shape index (κ1) is 21.9. The second-order valence-corrected chi connectivity index (χ2v) is 8.54. The lowest BCUT2D eigenvalue weighted by Crippen LogP contribution is -2.35. The van der Waals surface area contributed by atoms with E-state index >= 15 is 0 Å². The first-order valence-electron chi connectivity index (χ1n) is 11.6. The molecule has 3 aromatic rings. The van der Waals surface area contributed by atoms with Gasteiger partial charge in [0, 0.05) is 36.1 Å². The van der Waals surface area contributed by atoms with Gasteiger partial charge in [0.15, 0.2) is 0 Å². The fraction of sp³-hybridized carbons (Fsp3) is 0.333. The average Bonchev–Trinajstić information content (AvgIpc) is 2.84. The summed E-state index contributed by atoms with van der Waals surface area (Å²) in [6.45, 7) is 5.96. The molecule has 1 heterocycles. The number of benzene rings is 3. The molecule has 3 aromatic carbocycles. The van der Waals surface area contributed by atoms with Crippen LogP contribution < -0.4 is 15.5 Å². The molecular weight excluding hydrogens is 398 g/mol. The molecule has 1 unspecified atom stereocenters. The number of nitrogens with zero attached hydrogens (tertiary/aromatic N) is 1. The fourth-order valence-corrected chi connectivity index (χ4v) is 4.23. The first-order valence-corrected chi connectivity index (χ1v) is 11.6. The normalized spacial score (nSPS) is 14.8. The Kier molecular flexibility index (Phi) is 6.74. The Hall–Kier alpha value is -3.34. The molecule has 0 aliphatic carbocycles. The second-order valence-electron chi connectivity index (χ2n) is 8.54. The molecular formula is C27H31N3O2. The van der Waals surface area contributed by atoms with Crippen LogP contribution in [0.4, 0.5) is 11.4 Å². The summed E-state index contributed by atoms with van der Waals surface area (Å²) < 4.78 is 0. The second kappa shape index (κ2) is 9.86. The molecule has 2 amide bonds. The van der Waals surface area contributed by atoms with Crippen molar-refractivity contribution in [3.63, 3.8) is 0 Å². The van der Waals surface area contributed by atoms with Gasteiger partial charge in [-0.25, -0.2) is 0 Å². The van der Waals surface area contributed by atoms with Crippen molar-refractivity contribution in [2.45, 2.75) is 45.6 Å². The Bertz CT molecular complexity index is 1110. The summed E-state index contributed by atoms with van der Waals surface area (Å²) in [7, 11) is 0. The van der Waals surface area contributed by atoms with Gasteiger partial charge in [-0.05, 0) is 67.6 Å². The van der Waals surface area contributed by atoms with E-state index in [0.717, 1.165) is 48.8 Å². The first-order chi connectivity index (χ1) is 15.6. The monoisotopic (exact) mass is 429 g/mol. The van der Waals surface area contributed by atoms with E-state index in [2.05, 4.69) is 22.5 Å². The lowest BCUT2D eigenvalue weighted by atomic mass is 10.0. The van der Waals surface area contributed by atoms with E-state index in [1.54, 1.807) is 0 Å². The summed E-state index contributed by atoms with van der Waals surface area (Å²) in [5, 5.41) is 8.02. The maximum Gasteiger partial charge on any atom is 0.256 e. The van der Waals surface area contributed by atoms with E-state index < -0.39 is 0 Å². The Morgan fingerprint density at radius 3 is 2.44 bits per heavy atom. The number of nitrogens with one attached hydrogen (secondary N) is 2. The Labute approximate surface area is 189 Å². The molecule has 0 saturated carbocycles. The van der Waals surface area contributed by atoms with Gasteiger partial charge in [0.05, 0.1) is 5.56 Å². The predicted octanol–water partition coefficient (Wildman–Crippen LogP) is 5.61. The average molecular weight is 430 g/mol. The van der Waals surface area contributed by atoms with Gasteiger partial charge in [-0.2, -0.15) is 0 Å². The summed E-state index contributed by atoms with van der Waals surface area (Å²) in [5.41, 5.74) is 2.79. The number of fused-ring (bicyclic) bond motifs is 1. The molecule has 32 heavy (non-hydrogen) atoms. The SMILES string of the molecule is CCC(C)NC(=O)c1cc(NC(=O)c2cccc3ccccc23)ccc1N1CCCCC1. The highest BCUT2D eigenvalue weighted by atomic mass is 16.2. The largest absolute Gasteiger partial charge is 0.371 e. The van der Waals surface area contributed by atoms with Crippen LogP contribution in [0.1, 0.15) is 60.2 Å². The number of amides is 2. The Morgan fingerprint density at radius 2 is 1.66 bits per heavy atom. The van der Waals surface area contributed by atoms with Crippen LogP contribution in [0.5, 0.6) is 0 Å². The third kappa shape index (κ3) is 4.77. The van der Waals surface area contributed by atoms with Gasteiger partial charge in [0.2, 0.25) is 0 Å².